The number of aliphatic hydroxyl groups is 1. The minimum Gasteiger partial charge on any atom is -0.487 e. The molecule has 2 saturated heterocycles. The van der Waals surface area contributed by atoms with E-state index in [2.05, 4.69) is 11.9 Å². The Hall–Kier alpha value is -2.08. The number of aromatic amines is 1. The van der Waals surface area contributed by atoms with Crippen molar-refractivity contribution in [2.45, 2.75) is 95.4 Å². The van der Waals surface area contributed by atoms with Crippen molar-refractivity contribution in [3.63, 3.8) is 0 Å². The van der Waals surface area contributed by atoms with Gasteiger partial charge >= 0.3 is 0 Å². The minimum absolute atomic E-state index is 0.0930. The van der Waals surface area contributed by atoms with Crippen molar-refractivity contribution in [1.82, 2.24) is 9.88 Å². The van der Waals surface area contributed by atoms with Gasteiger partial charge in [0.1, 0.15) is 0 Å². The topological polar surface area (TPSA) is 65.6 Å². The molecule has 3 aliphatic rings. The molecule has 1 amide bonds. The second-order valence-corrected chi connectivity index (χ2v) is 10.6. The fourth-order valence-corrected chi connectivity index (χ4v) is 5.93. The smallest absolute Gasteiger partial charge is 0.223 e. The summed E-state index contributed by atoms with van der Waals surface area (Å²) in [6.45, 7) is 6.12. The largest absolute Gasteiger partial charge is 0.487 e. The number of aromatic nitrogens is 1. The maximum absolute atomic E-state index is 15.3. The molecule has 6 heteroatoms. The average molecular weight is 429 g/mol. The van der Waals surface area contributed by atoms with Gasteiger partial charge in [0.2, 0.25) is 5.91 Å². The highest BCUT2D eigenvalue weighted by Crippen LogP contribution is 2.42. The number of carbonyl (C=O) groups is 1. The van der Waals surface area contributed by atoms with Crippen molar-refractivity contribution >= 4 is 16.8 Å². The van der Waals surface area contributed by atoms with E-state index in [-0.39, 0.29) is 35.8 Å². The Morgan fingerprint density at radius 2 is 2.00 bits per heavy atom. The lowest BCUT2D eigenvalue weighted by atomic mass is 9.73. The van der Waals surface area contributed by atoms with Crippen LogP contribution < -0.4 is 4.74 Å². The molecular weight excluding hydrogens is 395 g/mol. The molecule has 2 aliphatic heterocycles. The first-order valence-corrected chi connectivity index (χ1v) is 11.7. The summed E-state index contributed by atoms with van der Waals surface area (Å²) in [4.78, 5) is 18.6. The SMILES string of the molecule is CC1CC2CC(C)(O)CC(C1)N2C(=O)CC(C)c1c[nH]c2ccc(OC3CC3)c(F)c12. The molecule has 5 rings (SSSR count). The molecule has 5 nitrogen and oxygen atoms in total. The van der Waals surface area contributed by atoms with Crippen LogP contribution in [-0.2, 0) is 4.79 Å². The Labute approximate surface area is 183 Å². The Kier molecular flexibility index (Phi) is 5.04. The van der Waals surface area contributed by atoms with Gasteiger partial charge in [0.05, 0.1) is 11.7 Å². The number of halogens is 1. The summed E-state index contributed by atoms with van der Waals surface area (Å²) in [5.41, 5.74) is 0.856. The predicted molar refractivity (Wildman–Crippen MR) is 118 cm³/mol. The fourth-order valence-electron chi connectivity index (χ4n) is 5.93. The Bertz CT molecular complexity index is 978. The minimum atomic E-state index is -0.699. The number of fused-ring (bicyclic) bond motifs is 3. The van der Waals surface area contributed by atoms with Gasteiger partial charge in [0.15, 0.2) is 11.6 Å². The van der Waals surface area contributed by atoms with Crippen molar-refractivity contribution in [3.05, 3.63) is 29.7 Å². The van der Waals surface area contributed by atoms with Crippen LogP contribution in [-0.4, -0.2) is 44.7 Å². The van der Waals surface area contributed by atoms with Crippen molar-refractivity contribution in [3.8, 4) is 5.75 Å². The van der Waals surface area contributed by atoms with Gasteiger partial charge in [0, 0.05) is 35.6 Å². The number of piperidine rings is 2. The lowest BCUT2D eigenvalue weighted by Crippen LogP contribution is -2.60. The van der Waals surface area contributed by atoms with Gasteiger partial charge in [-0.3, -0.25) is 4.79 Å². The zero-order chi connectivity index (χ0) is 21.9. The first-order valence-electron chi connectivity index (χ1n) is 11.7. The van der Waals surface area contributed by atoms with Gasteiger partial charge in [0.25, 0.3) is 0 Å². The monoisotopic (exact) mass is 428 g/mol. The van der Waals surface area contributed by atoms with Crippen LogP contribution in [0.1, 0.15) is 77.2 Å². The second kappa shape index (κ2) is 7.51. The van der Waals surface area contributed by atoms with Crippen LogP contribution in [0.4, 0.5) is 4.39 Å². The molecule has 2 N–H and O–H groups in total. The molecule has 31 heavy (non-hydrogen) atoms. The summed E-state index contributed by atoms with van der Waals surface area (Å²) in [7, 11) is 0. The quantitative estimate of drug-likeness (QED) is 0.713. The van der Waals surface area contributed by atoms with Gasteiger partial charge in [-0.2, -0.15) is 0 Å². The van der Waals surface area contributed by atoms with Gasteiger partial charge in [-0.25, -0.2) is 4.39 Å². The van der Waals surface area contributed by atoms with Crippen molar-refractivity contribution in [2.24, 2.45) is 5.92 Å². The van der Waals surface area contributed by atoms with E-state index in [1.807, 2.05) is 31.0 Å². The maximum Gasteiger partial charge on any atom is 0.223 e. The number of carbonyl (C=O) groups excluding carboxylic acids is 1. The van der Waals surface area contributed by atoms with Crippen LogP contribution in [0.15, 0.2) is 18.3 Å². The lowest BCUT2D eigenvalue weighted by Gasteiger charge is -2.53. The van der Waals surface area contributed by atoms with E-state index in [0.717, 1.165) is 36.8 Å². The molecule has 1 saturated carbocycles. The molecule has 3 atom stereocenters. The molecule has 3 fully saturated rings. The third kappa shape index (κ3) is 3.95. The van der Waals surface area contributed by atoms with Gasteiger partial charge < -0.3 is 19.7 Å². The molecule has 3 heterocycles. The molecule has 2 aromatic rings. The molecule has 0 radical (unpaired) electrons. The first kappa shape index (κ1) is 20.8. The highest BCUT2D eigenvalue weighted by molar-refractivity contribution is 5.87. The van der Waals surface area contributed by atoms with Crippen molar-refractivity contribution < 1.29 is 19.0 Å². The van der Waals surface area contributed by atoms with E-state index >= 15 is 4.39 Å². The van der Waals surface area contributed by atoms with Gasteiger partial charge in [-0.15, -0.1) is 0 Å². The Morgan fingerprint density at radius 3 is 2.65 bits per heavy atom. The highest BCUT2D eigenvalue weighted by Gasteiger charge is 2.46. The zero-order valence-electron chi connectivity index (χ0n) is 18.7. The number of hydrogen-bond donors (Lipinski definition) is 2. The molecule has 3 unspecified atom stereocenters. The normalized spacial score (nSPS) is 31.6. The Morgan fingerprint density at radius 1 is 1.32 bits per heavy atom. The van der Waals surface area contributed by atoms with E-state index in [1.54, 1.807) is 6.07 Å². The van der Waals surface area contributed by atoms with Gasteiger partial charge in [-0.05, 0) is 75.0 Å². The van der Waals surface area contributed by atoms with E-state index in [0.29, 0.717) is 36.3 Å². The fraction of sp³-hybridized carbons (Fsp3) is 0.640. The van der Waals surface area contributed by atoms with E-state index < -0.39 is 5.60 Å². The average Bonchev–Trinajstić information content (AvgIpc) is 3.37. The lowest BCUT2D eigenvalue weighted by molar-refractivity contribution is -0.152. The van der Waals surface area contributed by atoms with E-state index in [9.17, 15) is 9.90 Å². The van der Waals surface area contributed by atoms with Gasteiger partial charge in [-0.1, -0.05) is 13.8 Å². The third-order valence-electron chi connectivity index (χ3n) is 7.38. The van der Waals surface area contributed by atoms with Crippen LogP contribution in [0.2, 0.25) is 0 Å². The van der Waals surface area contributed by atoms with Crippen molar-refractivity contribution in [1.29, 1.82) is 0 Å². The molecule has 0 spiro atoms. The standard InChI is InChI=1S/C25H33FN2O3/c1-14-8-16-11-25(3,30)12-17(9-14)28(16)22(29)10-15(2)19-13-27-20-6-7-21(24(26)23(19)20)31-18-4-5-18/h6-7,13-18,27,30H,4-5,8-12H2,1-3H3. The number of nitrogens with one attached hydrogen (secondary N) is 1. The number of amides is 1. The predicted octanol–water partition coefficient (Wildman–Crippen LogP) is 4.88. The molecule has 1 aliphatic carbocycles. The molecule has 2 bridgehead atoms. The first-order chi connectivity index (χ1) is 14.7. The summed E-state index contributed by atoms with van der Waals surface area (Å²) in [5, 5.41) is 11.2. The van der Waals surface area contributed by atoms with E-state index in [4.69, 9.17) is 4.74 Å². The summed E-state index contributed by atoms with van der Waals surface area (Å²) in [6.07, 6.45) is 7.41. The number of ether oxygens (including phenoxy) is 1. The third-order valence-corrected chi connectivity index (χ3v) is 7.38. The molecule has 1 aromatic carbocycles. The number of rotatable bonds is 5. The molecule has 168 valence electrons. The summed E-state index contributed by atoms with van der Waals surface area (Å²) in [5.74, 6) is 0.536. The maximum atomic E-state index is 15.3. The summed E-state index contributed by atoms with van der Waals surface area (Å²) < 4.78 is 21.0. The van der Waals surface area contributed by atoms with Crippen LogP contribution in [0.3, 0.4) is 0 Å². The Balaban J connectivity index is 1.37. The van der Waals surface area contributed by atoms with E-state index in [1.165, 1.54) is 0 Å². The molecular formula is C25H33FN2O3. The highest BCUT2D eigenvalue weighted by atomic mass is 19.1. The zero-order valence-corrected chi connectivity index (χ0v) is 18.7. The number of H-pyrrole nitrogens is 1. The summed E-state index contributed by atoms with van der Waals surface area (Å²) in [6, 6.07) is 3.73. The second-order valence-electron chi connectivity index (χ2n) is 10.6. The summed E-state index contributed by atoms with van der Waals surface area (Å²) >= 11 is 0. The van der Waals surface area contributed by atoms with Crippen LogP contribution in [0.5, 0.6) is 5.75 Å². The molecule has 1 aromatic heterocycles. The van der Waals surface area contributed by atoms with Crippen LogP contribution >= 0.6 is 0 Å². The van der Waals surface area contributed by atoms with Crippen LogP contribution in [0, 0.1) is 11.7 Å². The number of nitrogens with zero attached hydrogens (tertiary/aromatic N) is 1. The number of hydrogen-bond acceptors (Lipinski definition) is 3. The van der Waals surface area contributed by atoms with Crippen molar-refractivity contribution in [2.75, 3.05) is 0 Å². The number of benzene rings is 1. The van der Waals surface area contributed by atoms with Crippen LogP contribution in [0.25, 0.3) is 10.9 Å².